The van der Waals surface area contributed by atoms with Gasteiger partial charge in [0.05, 0.1) is 27.4 Å². The number of fused-ring (bicyclic) bond motifs is 1. The second-order valence-corrected chi connectivity index (χ2v) is 3.45. The Hall–Kier alpha value is -1.10. The lowest BCUT2D eigenvalue weighted by Crippen LogP contribution is -2.12. The number of rotatable bonds is 4. The van der Waals surface area contributed by atoms with E-state index in [0.717, 1.165) is 11.3 Å². The van der Waals surface area contributed by atoms with E-state index in [0.29, 0.717) is 19.8 Å². The molecule has 0 bridgehead atoms. The highest BCUT2D eigenvalue weighted by Crippen LogP contribution is 2.28. The molecule has 1 aliphatic rings. The van der Waals surface area contributed by atoms with Crippen molar-refractivity contribution in [2.45, 2.75) is 19.8 Å². The molecule has 0 saturated heterocycles. The summed E-state index contributed by atoms with van der Waals surface area (Å²) < 4.78 is 10.7. The SMILES string of the molecule is CONCc1cc2c(cc1OC)COC2. The molecular formula is C11H15NO3. The molecule has 4 nitrogen and oxygen atoms in total. The van der Waals surface area contributed by atoms with E-state index in [2.05, 4.69) is 11.5 Å². The Labute approximate surface area is 89.1 Å². The lowest BCUT2D eigenvalue weighted by atomic mass is 10.1. The lowest BCUT2D eigenvalue weighted by molar-refractivity contribution is 0.0861. The zero-order valence-electron chi connectivity index (χ0n) is 9.00. The number of hydroxylamine groups is 1. The van der Waals surface area contributed by atoms with E-state index in [1.54, 1.807) is 14.2 Å². The van der Waals surface area contributed by atoms with Gasteiger partial charge in [0.2, 0.25) is 0 Å². The molecular weight excluding hydrogens is 194 g/mol. The fourth-order valence-electron chi connectivity index (χ4n) is 1.74. The molecule has 0 unspecified atom stereocenters. The highest BCUT2D eigenvalue weighted by molar-refractivity contribution is 5.43. The van der Waals surface area contributed by atoms with Crippen LogP contribution in [0.15, 0.2) is 12.1 Å². The van der Waals surface area contributed by atoms with E-state index in [-0.39, 0.29) is 0 Å². The smallest absolute Gasteiger partial charge is 0.123 e. The fourth-order valence-corrected chi connectivity index (χ4v) is 1.74. The zero-order chi connectivity index (χ0) is 10.7. The molecule has 0 spiro atoms. The molecule has 1 aromatic rings. The summed E-state index contributed by atoms with van der Waals surface area (Å²) in [5.41, 5.74) is 6.35. The standard InChI is InChI=1S/C11H15NO3/c1-13-11-4-10-7-15-6-9(10)3-8(11)5-12-14-2/h3-4,12H,5-7H2,1-2H3. The van der Waals surface area contributed by atoms with Crippen LogP contribution in [0.1, 0.15) is 16.7 Å². The summed E-state index contributed by atoms with van der Waals surface area (Å²) in [5.74, 6) is 0.879. The van der Waals surface area contributed by atoms with E-state index >= 15 is 0 Å². The van der Waals surface area contributed by atoms with Gasteiger partial charge in [-0.05, 0) is 23.3 Å². The monoisotopic (exact) mass is 209 g/mol. The second-order valence-electron chi connectivity index (χ2n) is 3.45. The van der Waals surface area contributed by atoms with Crippen LogP contribution in [0.5, 0.6) is 5.75 Å². The first-order valence-electron chi connectivity index (χ1n) is 4.87. The Balaban J connectivity index is 2.27. The third kappa shape index (κ3) is 2.12. The van der Waals surface area contributed by atoms with Gasteiger partial charge in [0, 0.05) is 12.1 Å². The summed E-state index contributed by atoms with van der Waals surface area (Å²) in [5, 5.41) is 0. The maximum atomic E-state index is 5.37. The third-order valence-electron chi connectivity index (χ3n) is 2.52. The average molecular weight is 209 g/mol. The number of hydrogen-bond donors (Lipinski definition) is 1. The summed E-state index contributed by atoms with van der Waals surface area (Å²) in [6, 6.07) is 4.14. The Morgan fingerprint density at radius 1 is 1.27 bits per heavy atom. The Bertz CT molecular complexity index is 352. The minimum absolute atomic E-state index is 0.632. The highest BCUT2D eigenvalue weighted by atomic mass is 16.6. The van der Waals surface area contributed by atoms with E-state index in [4.69, 9.17) is 14.3 Å². The van der Waals surface area contributed by atoms with Crippen LogP contribution in [0.2, 0.25) is 0 Å². The van der Waals surface area contributed by atoms with Crippen LogP contribution >= 0.6 is 0 Å². The van der Waals surface area contributed by atoms with Crippen LogP contribution in [0, 0.1) is 0 Å². The first kappa shape index (κ1) is 10.4. The zero-order valence-corrected chi connectivity index (χ0v) is 9.00. The number of ether oxygens (including phenoxy) is 2. The molecule has 1 heterocycles. The van der Waals surface area contributed by atoms with E-state index in [1.807, 2.05) is 6.07 Å². The van der Waals surface area contributed by atoms with Gasteiger partial charge in [-0.1, -0.05) is 0 Å². The topological polar surface area (TPSA) is 39.7 Å². The van der Waals surface area contributed by atoms with Crippen molar-refractivity contribution >= 4 is 0 Å². The van der Waals surface area contributed by atoms with Crippen LogP contribution in [0.4, 0.5) is 0 Å². The van der Waals surface area contributed by atoms with Crippen LogP contribution in [0.25, 0.3) is 0 Å². The van der Waals surface area contributed by atoms with Crippen LogP contribution in [-0.4, -0.2) is 14.2 Å². The molecule has 2 rings (SSSR count). The van der Waals surface area contributed by atoms with E-state index in [1.165, 1.54) is 11.1 Å². The second kappa shape index (κ2) is 4.61. The number of hydrogen-bond acceptors (Lipinski definition) is 4. The minimum Gasteiger partial charge on any atom is -0.496 e. The normalized spacial score (nSPS) is 14.0. The molecule has 0 amide bonds. The third-order valence-corrected chi connectivity index (χ3v) is 2.52. The highest BCUT2D eigenvalue weighted by Gasteiger charge is 2.15. The van der Waals surface area contributed by atoms with Crippen molar-refractivity contribution in [3.8, 4) is 5.75 Å². The van der Waals surface area contributed by atoms with Gasteiger partial charge < -0.3 is 14.3 Å². The Morgan fingerprint density at radius 2 is 2.00 bits per heavy atom. The van der Waals surface area contributed by atoms with Crippen molar-refractivity contribution in [2.24, 2.45) is 0 Å². The molecule has 1 aromatic carbocycles. The molecule has 4 heteroatoms. The summed E-state index contributed by atoms with van der Waals surface area (Å²) in [4.78, 5) is 4.83. The molecule has 15 heavy (non-hydrogen) atoms. The van der Waals surface area contributed by atoms with Gasteiger partial charge in [-0.2, -0.15) is 5.48 Å². The molecule has 1 aliphatic heterocycles. The fraction of sp³-hybridized carbons (Fsp3) is 0.455. The number of nitrogens with one attached hydrogen (secondary N) is 1. The maximum Gasteiger partial charge on any atom is 0.123 e. The molecule has 0 aliphatic carbocycles. The van der Waals surface area contributed by atoms with Crippen LogP contribution < -0.4 is 10.2 Å². The van der Waals surface area contributed by atoms with Crippen molar-refractivity contribution in [1.29, 1.82) is 0 Å². The summed E-state index contributed by atoms with van der Waals surface area (Å²) in [6.45, 7) is 2.01. The van der Waals surface area contributed by atoms with Gasteiger partial charge in [-0.3, -0.25) is 0 Å². The van der Waals surface area contributed by atoms with Crippen molar-refractivity contribution in [3.63, 3.8) is 0 Å². The first-order valence-corrected chi connectivity index (χ1v) is 4.87. The molecule has 1 N–H and O–H groups in total. The largest absolute Gasteiger partial charge is 0.496 e. The minimum atomic E-state index is 0.632. The van der Waals surface area contributed by atoms with Gasteiger partial charge in [0.1, 0.15) is 5.75 Å². The predicted molar refractivity (Wildman–Crippen MR) is 55.3 cm³/mol. The lowest BCUT2D eigenvalue weighted by Gasteiger charge is -2.10. The Morgan fingerprint density at radius 3 is 2.67 bits per heavy atom. The summed E-state index contributed by atoms with van der Waals surface area (Å²) in [7, 11) is 3.27. The van der Waals surface area contributed by atoms with Gasteiger partial charge in [-0.25, -0.2) is 0 Å². The van der Waals surface area contributed by atoms with Gasteiger partial charge in [-0.15, -0.1) is 0 Å². The van der Waals surface area contributed by atoms with E-state index in [9.17, 15) is 0 Å². The van der Waals surface area contributed by atoms with Crippen molar-refractivity contribution in [2.75, 3.05) is 14.2 Å². The predicted octanol–water partition coefficient (Wildman–Crippen LogP) is 1.38. The Kier molecular flexibility index (Phi) is 3.20. The molecule has 82 valence electrons. The van der Waals surface area contributed by atoms with Crippen molar-refractivity contribution in [3.05, 3.63) is 28.8 Å². The van der Waals surface area contributed by atoms with E-state index < -0.39 is 0 Å². The van der Waals surface area contributed by atoms with Crippen molar-refractivity contribution < 1.29 is 14.3 Å². The molecule has 0 saturated carbocycles. The van der Waals surface area contributed by atoms with Crippen LogP contribution in [0.3, 0.4) is 0 Å². The first-order chi connectivity index (χ1) is 7.35. The van der Waals surface area contributed by atoms with Gasteiger partial charge in [0.25, 0.3) is 0 Å². The molecule has 0 atom stereocenters. The molecule has 0 fully saturated rings. The van der Waals surface area contributed by atoms with Gasteiger partial charge in [0.15, 0.2) is 0 Å². The quantitative estimate of drug-likeness (QED) is 0.760. The average Bonchev–Trinajstić information content (AvgIpc) is 2.71. The number of methoxy groups -OCH3 is 1. The molecule has 0 aromatic heterocycles. The van der Waals surface area contributed by atoms with Gasteiger partial charge >= 0.3 is 0 Å². The van der Waals surface area contributed by atoms with Crippen molar-refractivity contribution in [1.82, 2.24) is 5.48 Å². The maximum absolute atomic E-state index is 5.37. The summed E-state index contributed by atoms with van der Waals surface area (Å²) >= 11 is 0. The van der Waals surface area contributed by atoms with Crippen LogP contribution in [-0.2, 0) is 29.3 Å². The number of benzene rings is 1. The molecule has 0 radical (unpaired) electrons. The summed E-state index contributed by atoms with van der Waals surface area (Å²) in [6.07, 6.45) is 0.